The number of nitrogens with two attached hydrogens (primary N) is 1. The first-order valence-electron chi connectivity index (χ1n) is 9.94. The van der Waals surface area contributed by atoms with Crippen LogP contribution in [0.5, 0.6) is 11.5 Å². The summed E-state index contributed by atoms with van der Waals surface area (Å²) in [6, 6.07) is 14.0. The minimum Gasteiger partial charge on any atom is -0.497 e. The Balaban J connectivity index is 2.19. The third-order valence-electron chi connectivity index (χ3n) is 5.60. The molecule has 34 heavy (non-hydrogen) atoms. The third-order valence-corrected chi connectivity index (χ3v) is 6.23. The van der Waals surface area contributed by atoms with Gasteiger partial charge in [0, 0.05) is 21.2 Å². The Morgan fingerprint density at radius 1 is 1.03 bits per heavy atom. The number of methoxy groups -OCH3 is 2. The number of primary amides is 1. The molecule has 1 amide bonds. The second-order valence-electron chi connectivity index (χ2n) is 7.40. The second-order valence-corrected chi connectivity index (χ2v) is 8.21. The Labute approximate surface area is 204 Å². The maximum Gasteiger partial charge on any atom is 0.335 e. The van der Waals surface area contributed by atoms with E-state index >= 15 is 0 Å². The normalized spacial score (nSPS) is 12.8. The number of imidazole rings is 1. The quantitative estimate of drug-likeness (QED) is 0.345. The van der Waals surface area contributed by atoms with Gasteiger partial charge in [-0.05, 0) is 48.5 Å². The molecule has 0 aliphatic carbocycles. The monoisotopic (exact) mass is 499 g/mol. The topological polar surface area (TPSA) is 128 Å². The van der Waals surface area contributed by atoms with E-state index in [1.165, 1.54) is 32.4 Å². The average Bonchev–Trinajstić information content (AvgIpc) is 3.24. The summed E-state index contributed by atoms with van der Waals surface area (Å²) in [5.41, 5.74) is 5.58. The highest BCUT2D eigenvalue weighted by Gasteiger charge is 2.50. The summed E-state index contributed by atoms with van der Waals surface area (Å²) >= 11 is 13.2. The van der Waals surface area contributed by atoms with Crippen LogP contribution in [0.1, 0.15) is 27.3 Å². The fourth-order valence-electron chi connectivity index (χ4n) is 4.04. The van der Waals surface area contributed by atoms with Crippen LogP contribution in [0.2, 0.25) is 10.0 Å². The Bertz CT molecular complexity index is 1420. The SMILES string of the molecule is COc1ccc(OC)c(C(C(N)=O)(c2nc3ccc(C(=O)O)cc3[nH]2)c2c(Cl)cccc2Cl)c1. The highest BCUT2D eigenvalue weighted by Crippen LogP contribution is 2.48. The number of nitrogens with one attached hydrogen (secondary N) is 1. The minimum absolute atomic E-state index is 0.0436. The number of aromatic amines is 1. The highest BCUT2D eigenvalue weighted by atomic mass is 35.5. The number of carboxylic acids is 1. The van der Waals surface area contributed by atoms with Crippen molar-refractivity contribution in [2.24, 2.45) is 5.73 Å². The fraction of sp³-hybridized carbons (Fsp3) is 0.125. The molecule has 0 aliphatic heterocycles. The van der Waals surface area contributed by atoms with Gasteiger partial charge < -0.3 is 25.3 Å². The summed E-state index contributed by atoms with van der Waals surface area (Å²) in [4.78, 5) is 32.6. The number of fused-ring (bicyclic) bond motifs is 1. The van der Waals surface area contributed by atoms with Gasteiger partial charge in [-0.25, -0.2) is 9.78 Å². The number of rotatable bonds is 7. The van der Waals surface area contributed by atoms with Crippen molar-refractivity contribution >= 4 is 46.1 Å². The van der Waals surface area contributed by atoms with Gasteiger partial charge in [0.1, 0.15) is 17.3 Å². The number of H-pyrrole nitrogens is 1. The number of aromatic nitrogens is 2. The van der Waals surface area contributed by atoms with E-state index in [1.807, 2.05) is 0 Å². The van der Waals surface area contributed by atoms with E-state index in [9.17, 15) is 14.7 Å². The van der Waals surface area contributed by atoms with Gasteiger partial charge in [0.2, 0.25) is 5.91 Å². The molecule has 1 atom stereocenters. The Kier molecular flexibility index (Phi) is 6.12. The molecule has 3 aromatic carbocycles. The summed E-state index contributed by atoms with van der Waals surface area (Å²) in [6.07, 6.45) is 0. The van der Waals surface area contributed by atoms with Crippen molar-refractivity contribution in [2.45, 2.75) is 5.41 Å². The molecular formula is C24H19Cl2N3O5. The summed E-state index contributed by atoms with van der Waals surface area (Å²) in [5, 5.41) is 9.72. The van der Waals surface area contributed by atoms with E-state index < -0.39 is 17.3 Å². The molecule has 0 radical (unpaired) electrons. The lowest BCUT2D eigenvalue weighted by atomic mass is 9.72. The van der Waals surface area contributed by atoms with Gasteiger partial charge >= 0.3 is 5.97 Å². The number of carbonyl (C=O) groups is 2. The molecule has 1 heterocycles. The molecule has 0 fully saturated rings. The van der Waals surface area contributed by atoms with Crippen molar-refractivity contribution in [1.29, 1.82) is 0 Å². The van der Waals surface area contributed by atoms with Crippen LogP contribution in [0.3, 0.4) is 0 Å². The molecule has 0 spiro atoms. The zero-order valence-electron chi connectivity index (χ0n) is 18.1. The molecule has 0 saturated heterocycles. The molecule has 0 aliphatic rings. The number of carbonyl (C=O) groups excluding carboxylic acids is 1. The van der Waals surface area contributed by atoms with Gasteiger partial charge in [0.25, 0.3) is 0 Å². The van der Waals surface area contributed by atoms with Crippen LogP contribution >= 0.6 is 23.2 Å². The Hall–Kier alpha value is -3.75. The molecule has 174 valence electrons. The molecule has 4 N–H and O–H groups in total. The van der Waals surface area contributed by atoms with E-state index in [-0.39, 0.29) is 32.6 Å². The number of ether oxygens (including phenoxy) is 2. The number of hydrogen-bond donors (Lipinski definition) is 3. The van der Waals surface area contributed by atoms with E-state index in [1.54, 1.807) is 36.4 Å². The lowest BCUT2D eigenvalue weighted by Crippen LogP contribution is -2.45. The number of carboxylic acid groups (broad SMARTS) is 1. The molecule has 4 rings (SSSR count). The molecule has 1 unspecified atom stereocenters. The highest BCUT2D eigenvalue weighted by molar-refractivity contribution is 6.37. The van der Waals surface area contributed by atoms with Crippen LogP contribution in [-0.2, 0) is 10.2 Å². The number of hydrogen-bond acceptors (Lipinski definition) is 5. The van der Waals surface area contributed by atoms with Crippen LogP contribution in [-0.4, -0.2) is 41.2 Å². The molecule has 1 aromatic heterocycles. The smallest absolute Gasteiger partial charge is 0.335 e. The van der Waals surface area contributed by atoms with Crippen molar-refractivity contribution in [1.82, 2.24) is 9.97 Å². The first-order valence-corrected chi connectivity index (χ1v) is 10.7. The molecule has 0 saturated carbocycles. The van der Waals surface area contributed by atoms with Crippen molar-refractivity contribution in [2.75, 3.05) is 14.2 Å². The van der Waals surface area contributed by atoms with Crippen molar-refractivity contribution < 1.29 is 24.2 Å². The third kappa shape index (κ3) is 3.61. The molecular weight excluding hydrogens is 481 g/mol. The summed E-state index contributed by atoms with van der Waals surface area (Å²) in [5.74, 6) is -1.13. The van der Waals surface area contributed by atoms with Gasteiger partial charge in [-0.3, -0.25) is 4.79 Å². The molecule has 8 nitrogen and oxygen atoms in total. The van der Waals surface area contributed by atoms with Gasteiger partial charge in [0.05, 0.1) is 30.8 Å². The van der Waals surface area contributed by atoms with E-state index in [0.29, 0.717) is 22.5 Å². The Morgan fingerprint density at radius 3 is 2.32 bits per heavy atom. The van der Waals surface area contributed by atoms with Crippen LogP contribution in [0.4, 0.5) is 0 Å². The first-order chi connectivity index (χ1) is 16.2. The largest absolute Gasteiger partial charge is 0.497 e. The van der Waals surface area contributed by atoms with Crippen molar-refractivity contribution in [3.63, 3.8) is 0 Å². The van der Waals surface area contributed by atoms with E-state index in [4.69, 9.17) is 38.4 Å². The molecule has 0 bridgehead atoms. The van der Waals surface area contributed by atoms with Crippen molar-refractivity contribution in [3.05, 3.63) is 87.2 Å². The average molecular weight is 500 g/mol. The summed E-state index contributed by atoms with van der Waals surface area (Å²) in [7, 11) is 2.93. The van der Waals surface area contributed by atoms with E-state index in [2.05, 4.69) is 9.97 Å². The standard InChI is InChI=1S/C24H19Cl2N3O5/c1-33-13-7-9-19(34-2)14(11-13)24(22(27)32,20-15(25)4-3-5-16(20)26)23-28-17-8-6-12(21(30)31)10-18(17)29-23/h3-11H,1-2H3,(H2,27,32)(H,28,29)(H,30,31). The van der Waals surface area contributed by atoms with Crippen molar-refractivity contribution in [3.8, 4) is 11.5 Å². The second kappa shape index (κ2) is 8.89. The number of amides is 1. The van der Waals surface area contributed by atoms with Crippen LogP contribution < -0.4 is 15.2 Å². The number of benzene rings is 3. The number of aromatic carboxylic acids is 1. The minimum atomic E-state index is -1.85. The summed E-state index contributed by atoms with van der Waals surface area (Å²) < 4.78 is 11.0. The maximum absolute atomic E-state index is 13.5. The predicted octanol–water partition coefficient (Wildman–Crippen LogP) is 4.40. The predicted molar refractivity (Wildman–Crippen MR) is 128 cm³/mol. The first kappa shape index (κ1) is 23.4. The maximum atomic E-state index is 13.5. The van der Waals surface area contributed by atoms with Crippen LogP contribution in [0.25, 0.3) is 11.0 Å². The zero-order valence-corrected chi connectivity index (χ0v) is 19.6. The fourth-order valence-corrected chi connectivity index (χ4v) is 4.72. The van der Waals surface area contributed by atoms with Crippen LogP contribution in [0, 0.1) is 0 Å². The lowest BCUT2D eigenvalue weighted by molar-refractivity contribution is -0.121. The summed E-state index contributed by atoms with van der Waals surface area (Å²) in [6.45, 7) is 0. The number of halogens is 2. The van der Waals surface area contributed by atoms with E-state index in [0.717, 1.165) is 0 Å². The van der Waals surface area contributed by atoms with Gasteiger partial charge in [-0.1, -0.05) is 29.3 Å². The van der Waals surface area contributed by atoms with Gasteiger partial charge in [0.15, 0.2) is 5.41 Å². The molecule has 4 aromatic rings. The van der Waals surface area contributed by atoms with Gasteiger partial charge in [-0.15, -0.1) is 0 Å². The Morgan fingerprint density at radius 2 is 1.74 bits per heavy atom. The van der Waals surface area contributed by atoms with Crippen LogP contribution in [0.15, 0.2) is 54.6 Å². The number of nitrogens with zero attached hydrogens (tertiary/aromatic N) is 1. The molecule has 10 heteroatoms. The zero-order chi connectivity index (χ0) is 24.6. The van der Waals surface area contributed by atoms with Gasteiger partial charge in [-0.2, -0.15) is 0 Å². The lowest BCUT2D eigenvalue weighted by Gasteiger charge is -2.32.